The minimum absolute atomic E-state index is 0.0451. The number of nitrogens with zero attached hydrogens (tertiary/aromatic N) is 8. The van der Waals surface area contributed by atoms with Crippen LogP contribution >= 0.6 is 57.1 Å². The number of Topliss-reactive ketones (excluding diaryl/α,β-unsaturated/α-hetero) is 2. The summed E-state index contributed by atoms with van der Waals surface area (Å²) in [7, 11) is 0. The molecule has 0 fully saturated rings. The Balaban J connectivity index is 1.05. The third-order valence-electron chi connectivity index (χ3n) is 26.6. The molecule has 0 spiro atoms. The van der Waals surface area contributed by atoms with E-state index in [9.17, 15) is 21.0 Å². The Bertz CT molecular complexity index is 5600. The van der Waals surface area contributed by atoms with Crippen LogP contribution in [0.15, 0.2) is 95.1 Å². The Morgan fingerprint density at radius 3 is 0.959 bits per heavy atom. The van der Waals surface area contributed by atoms with Crippen molar-refractivity contribution in [3.8, 4) is 24.3 Å². The van der Waals surface area contributed by atoms with Gasteiger partial charge in [-0.1, -0.05) is 321 Å². The molecule has 0 N–H and O–H groups in total. The van der Waals surface area contributed by atoms with Gasteiger partial charge in [0.15, 0.2) is 11.6 Å². The minimum atomic E-state index is -0.148. The fourth-order valence-corrected chi connectivity index (χ4v) is 26.5. The van der Waals surface area contributed by atoms with E-state index in [1.807, 2.05) is 118 Å². The van der Waals surface area contributed by atoms with Crippen molar-refractivity contribution in [2.45, 2.75) is 337 Å². The molecule has 0 bridgehead atoms. The molecule has 2 atom stereocenters. The van der Waals surface area contributed by atoms with Crippen LogP contribution < -0.4 is 0 Å². The van der Waals surface area contributed by atoms with Gasteiger partial charge in [0.2, 0.25) is 0 Å². The molecule has 15 heteroatoms. The van der Waals surface area contributed by atoms with Crippen molar-refractivity contribution in [2.75, 3.05) is 0 Å². The maximum Gasteiger partial charge on any atom is 0.194 e. The molecular formula is C106H126N8O2S5. The van der Waals surface area contributed by atoms with Crippen LogP contribution in [0.25, 0.3) is 117 Å². The molecular weight excluding hydrogens is 1580 g/mol. The SMILES string of the molecule is CCCCCCCCCCCc1c(/C=C2\C(=O)c3cc4ccccc4cc3C2=C(C#N)C#N)sc2c1sc1c3c4nsnc4c4c5sc6c(CCCCCCCCCCC)c(/C=C7\C(=O)c8cc9ccccc9cc8C7=C(C#N)C#N)sc6c5n(CC(CCCCCC)CCCCCCCC)c4c3n(CC(CCCCCC)CCCCCCCC)c21. The molecule has 7 heterocycles. The molecule has 632 valence electrons. The average molecular weight is 1700 g/mol. The summed E-state index contributed by atoms with van der Waals surface area (Å²) in [6.45, 7) is 15.5. The molecule has 14 rings (SSSR count). The standard InChI is InChI=1S/C106H126N8O2S5/c1-7-13-19-25-29-31-33-37-43-57-79-87(63-85-89(77(65-107)66-108)81-59-73-53-45-47-55-75(73)61-83(81)99(85)115)117-105-97-103(119-101(79)105)91-93-94(112-121-111-93)92-96(95(91)113(97)69-71(49-39-23-17-11-5)51-41-35-27-21-15-9-3)114(70-72(50-40-24-18-12-6)52-42-36-28-22-16-10-4)98-104(92)120-102-80(58-44-38-34-32-30-26-20-14-8-2)88(118-106(98)102)64-86-90(78(67-109)68-110)82-60-74-54-46-48-56-76(74)62-84(82)100(86)116/h45-48,53-56,59-64,71-72H,7-44,49-52,57-58,69-70H2,1-6H3/b85-63-,86-64-. The average Bonchev–Trinajstić information content (AvgIpc) is 1.50. The number of thiophene rings is 4. The molecule has 121 heavy (non-hydrogen) atoms. The van der Waals surface area contributed by atoms with E-state index >= 15 is 9.59 Å². The summed E-state index contributed by atoms with van der Waals surface area (Å²) in [5.41, 5.74) is 13.4. The van der Waals surface area contributed by atoms with Gasteiger partial charge in [-0.05, 0) is 143 Å². The fourth-order valence-electron chi connectivity index (χ4n) is 20.0. The number of hydrogen-bond acceptors (Lipinski definition) is 13. The Morgan fingerprint density at radius 2 is 0.645 bits per heavy atom. The van der Waals surface area contributed by atoms with Crippen LogP contribution in [0.4, 0.5) is 0 Å². The molecule has 2 unspecified atom stereocenters. The number of carbonyl (C=O) groups excluding carboxylic acids is 2. The lowest BCUT2D eigenvalue weighted by Gasteiger charge is -2.22. The molecule has 0 aliphatic heterocycles. The Kier molecular flexibility index (Phi) is 32.2. The van der Waals surface area contributed by atoms with Crippen LogP contribution in [0.5, 0.6) is 0 Å². The largest absolute Gasteiger partial charge is 0.337 e. The number of nitriles is 4. The van der Waals surface area contributed by atoms with Crippen molar-refractivity contribution in [1.82, 2.24) is 17.9 Å². The highest BCUT2D eigenvalue weighted by atomic mass is 32.1. The van der Waals surface area contributed by atoms with Gasteiger partial charge in [-0.15, -0.1) is 45.3 Å². The van der Waals surface area contributed by atoms with Crippen LogP contribution in [-0.4, -0.2) is 29.4 Å². The zero-order chi connectivity index (χ0) is 84.1. The first kappa shape index (κ1) is 88.9. The number of allylic oxidation sites excluding steroid dienone is 6. The number of rotatable bonds is 50. The molecule has 2 aliphatic carbocycles. The molecule has 0 saturated carbocycles. The van der Waals surface area contributed by atoms with E-state index in [4.69, 9.17) is 8.75 Å². The highest BCUT2D eigenvalue weighted by Gasteiger charge is 2.38. The van der Waals surface area contributed by atoms with E-state index in [-0.39, 0.29) is 22.7 Å². The summed E-state index contributed by atoms with van der Waals surface area (Å²) in [4.78, 5) is 33.1. The van der Waals surface area contributed by atoms with Gasteiger partial charge < -0.3 is 9.13 Å². The topological polar surface area (TPSA) is 165 Å². The molecule has 7 aromatic heterocycles. The summed E-state index contributed by atoms with van der Waals surface area (Å²) in [6, 6.07) is 33.2. The van der Waals surface area contributed by atoms with Crippen molar-refractivity contribution < 1.29 is 9.59 Å². The van der Waals surface area contributed by atoms with E-state index in [1.54, 1.807) is 0 Å². The van der Waals surface area contributed by atoms with Crippen LogP contribution in [0, 0.1) is 57.2 Å². The summed E-state index contributed by atoms with van der Waals surface area (Å²) in [5, 5.41) is 49.8. The zero-order valence-electron chi connectivity index (χ0n) is 73.2. The second-order valence-corrected chi connectivity index (χ2v) is 40.0. The third kappa shape index (κ3) is 19.6. The predicted molar refractivity (Wildman–Crippen MR) is 521 cm³/mol. The Morgan fingerprint density at radius 1 is 0.355 bits per heavy atom. The highest BCUT2D eigenvalue weighted by Crippen LogP contribution is 2.57. The lowest BCUT2D eigenvalue weighted by Crippen LogP contribution is -2.14. The van der Waals surface area contributed by atoms with Gasteiger partial charge in [-0.2, -0.15) is 29.8 Å². The van der Waals surface area contributed by atoms with Gasteiger partial charge >= 0.3 is 0 Å². The highest BCUT2D eigenvalue weighted by molar-refractivity contribution is 7.35. The monoisotopic (exact) mass is 1700 g/mol. The normalized spacial score (nSPS) is 14.2. The molecule has 5 aromatic carbocycles. The summed E-state index contributed by atoms with van der Waals surface area (Å²) in [6.07, 6.45) is 56.6. The van der Waals surface area contributed by atoms with Gasteiger partial charge in [-0.25, -0.2) is 0 Å². The maximum absolute atomic E-state index is 15.5. The molecule has 0 saturated heterocycles. The lowest BCUT2D eigenvalue weighted by molar-refractivity contribution is 0.103. The van der Waals surface area contributed by atoms with Crippen LogP contribution in [-0.2, 0) is 25.9 Å². The number of fused-ring (bicyclic) bond motifs is 18. The number of unbranched alkanes of at least 4 members (excludes halogenated alkanes) is 32. The first-order valence-corrected chi connectivity index (χ1v) is 51.3. The van der Waals surface area contributed by atoms with E-state index < -0.39 is 0 Å². The van der Waals surface area contributed by atoms with E-state index in [0.717, 1.165) is 120 Å². The second-order valence-electron chi connectivity index (χ2n) is 35.3. The quantitative estimate of drug-likeness (QED) is 0.0206. The van der Waals surface area contributed by atoms with Crippen molar-refractivity contribution in [1.29, 1.82) is 21.0 Å². The Hall–Kier alpha value is -8.38. The summed E-state index contributed by atoms with van der Waals surface area (Å²) in [5.74, 6) is 0.489. The van der Waals surface area contributed by atoms with Crippen LogP contribution in [0.1, 0.15) is 364 Å². The number of ketones is 2. The van der Waals surface area contributed by atoms with Crippen molar-refractivity contribution in [2.24, 2.45) is 11.8 Å². The van der Waals surface area contributed by atoms with E-state index in [0.29, 0.717) is 56.4 Å². The molecule has 0 radical (unpaired) electrons. The summed E-state index contributed by atoms with van der Waals surface area (Å²) < 4.78 is 24.4. The first-order valence-electron chi connectivity index (χ1n) is 47.3. The van der Waals surface area contributed by atoms with Crippen molar-refractivity contribution >= 4 is 186 Å². The number of benzene rings is 5. The van der Waals surface area contributed by atoms with E-state index in [2.05, 4.69) is 87.1 Å². The smallest absolute Gasteiger partial charge is 0.194 e. The number of carbonyl (C=O) groups is 2. The zero-order valence-corrected chi connectivity index (χ0v) is 77.3. The van der Waals surface area contributed by atoms with Gasteiger partial charge in [0.25, 0.3) is 0 Å². The van der Waals surface area contributed by atoms with Crippen molar-refractivity contribution in [3.63, 3.8) is 0 Å². The van der Waals surface area contributed by atoms with Gasteiger partial charge in [0.05, 0.1) is 62.0 Å². The van der Waals surface area contributed by atoms with Gasteiger partial charge in [-0.3, -0.25) is 9.59 Å². The van der Waals surface area contributed by atoms with Crippen molar-refractivity contribution in [3.05, 3.63) is 138 Å². The predicted octanol–water partition coefficient (Wildman–Crippen LogP) is 33.7. The Labute approximate surface area is 739 Å². The maximum atomic E-state index is 15.5. The minimum Gasteiger partial charge on any atom is -0.337 e. The third-order valence-corrected chi connectivity index (χ3v) is 32.2. The fraction of sp³-hybridized carbons (Fsp3) is 0.509. The van der Waals surface area contributed by atoms with Crippen LogP contribution in [0.3, 0.4) is 0 Å². The van der Waals surface area contributed by atoms with E-state index in [1.165, 1.54) is 302 Å². The molecule has 10 nitrogen and oxygen atoms in total. The number of aromatic nitrogens is 4. The van der Waals surface area contributed by atoms with Crippen LogP contribution in [0.2, 0.25) is 0 Å². The number of aryl methyl sites for hydroxylation is 2. The molecule has 0 amide bonds. The number of hydrogen-bond donors (Lipinski definition) is 0. The molecule has 12 aromatic rings. The second kappa shape index (κ2) is 43.8. The van der Waals surface area contributed by atoms with Gasteiger partial charge in [0, 0.05) is 67.0 Å². The summed E-state index contributed by atoms with van der Waals surface area (Å²) >= 11 is 8.83. The lowest BCUT2D eigenvalue weighted by atomic mass is 9.93. The van der Waals surface area contributed by atoms with Gasteiger partial charge in [0.1, 0.15) is 46.5 Å². The molecule has 2 aliphatic rings. The first-order chi connectivity index (χ1) is 59.6.